The average molecular weight is 380 g/mol. The normalized spacial score (nSPS) is 16.1. The van der Waals surface area contributed by atoms with Crippen molar-refractivity contribution in [3.8, 4) is 0 Å². The van der Waals surface area contributed by atoms with E-state index in [9.17, 15) is 4.79 Å². The predicted molar refractivity (Wildman–Crippen MR) is 115 cm³/mol. The molecule has 5 heteroatoms. The third-order valence-corrected chi connectivity index (χ3v) is 5.15. The van der Waals surface area contributed by atoms with Crippen molar-refractivity contribution < 1.29 is 4.79 Å². The number of aromatic nitrogens is 2. The van der Waals surface area contributed by atoms with E-state index in [0.29, 0.717) is 23.8 Å². The molecule has 0 amide bonds. The lowest BCUT2D eigenvalue weighted by molar-refractivity contribution is 0.0958. The monoisotopic (exact) mass is 380 g/mol. The van der Waals surface area contributed by atoms with Gasteiger partial charge in [-0.2, -0.15) is 0 Å². The number of nitrogens with zero attached hydrogens (tertiary/aromatic N) is 3. The number of benzene rings is 2. The van der Waals surface area contributed by atoms with E-state index < -0.39 is 6.04 Å². The van der Waals surface area contributed by atoms with Crippen LogP contribution in [0.4, 0.5) is 5.82 Å². The van der Waals surface area contributed by atoms with Gasteiger partial charge in [-0.05, 0) is 30.7 Å². The number of aryl methyl sites for hydroxylation is 1. The summed E-state index contributed by atoms with van der Waals surface area (Å²) in [7, 11) is 0. The summed E-state index contributed by atoms with van der Waals surface area (Å²) in [5, 5.41) is 3.34. The molecule has 5 nitrogen and oxygen atoms in total. The van der Waals surface area contributed by atoms with Crippen molar-refractivity contribution in [2.45, 2.75) is 19.4 Å². The largest absolute Gasteiger partial charge is 0.323 e. The van der Waals surface area contributed by atoms with Gasteiger partial charge >= 0.3 is 0 Å². The summed E-state index contributed by atoms with van der Waals surface area (Å²) < 4.78 is 1.84. The molecule has 1 aliphatic heterocycles. The van der Waals surface area contributed by atoms with Crippen LogP contribution in [0.5, 0.6) is 0 Å². The molecule has 3 heterocycles. The molecule has 0 fully saturated rings. The summed E-state index contributed by atoms with van der Waals surface area (Å²) in [6.45, 7) is 2.05. The zero-order valence-electron chi connectivity index (χ0n) is 16.0. The van der Waals surface area contributed by atoms with Crippen molar-refractivity contribution in [3.63, 3.8) is 0 Å². The molecule has 4 aromatic rings. The zero-order chi connectivity index (χ0) is 19.8. The molecule has 0 spiro atoms. The maximum Gasteiger partial charge on any atom is 0.208 e. The highest BCUT2D eigenvalue weighted by atomic mass is 16.1. The highest BCUT2D eigenvalue weighted by Gasteiger charge is 2.31. The Balaban J connectivity index is 1.67. The molecule has 5 rings (SSSR count). The molecular weight excluding hydrogens is 360 g/mol. The lowest BCUT2D eigenvalue weighted by Gasteiger charge is -2.12. The topological polar surface area (TPSA) is 58.8 Å². The van der Waals surface area contributed by atoms with Gasteiger partial charge < -0.3 is 5.32 Å². The smallest absolute Gasteiger partial charge is 0.208 e. The van der Waals surface area contributed by atoms with Crippen LogP contribution < -0.4 is 5.32 Å². The number of amidine groups is 1. The van der Waals surface area contributed by atoms with E-state index in [1.807, 2.05) is 84.3 Å². The van der Waals surface area contributed by atoms with Crippen molar-refractivity contribution in [1.82, 2.24) is 9.38 Å². The molecule has 0 aliphatic carbocycles. The summed E-state index contributed by atoms with van der Waals surface area (Å²) >= 11 is 0. The van der Waals surface area contributed by atoms with E-state index in [1.54, 1.807) is 0 Å². The number of ketones is 1. The van der Waals surface area contributed by atoms with Gasteiger partial charge in [-0.25, -0.2) is 4.98 Å². The van der Waals surface area contributed by atoms with E-state index in [2.05, 4.69) is 16.4 Å². The van der Waals surface area contributed by atoms with Crippen LogP contribution in [0.25, 0.3) is 5.65 Å². The second-order valence-corrected chi connectivity index (χ2v) is 7.28. The molecule has 0 bridgehead atoms. The lowest BCUT2D eigenvalue weighted by atomic mass is 10.0. The standard InChI is InChI=1S/C24H20N4O/c1-16-8-7-11-18(14-16)23-25-19(15-17-9-3-2-4-10-17)22(29)21-24(27-23)26-20-12-5-6-13-28(20)21/h2-14,19H,15H2,1H3,(H,25,27)/t19-/m0/s1. The van der Waals surface area contributed by atoms with E-state index in [1.165, 1.54) is 0 Å². The number of imidazole rings is 1. The number of carbonyl (C=O) groups excluding carboxylic acids is 1. The second-order valence-electron chi connectivity index (χ2n) is 7.28. The van der Waals surface area contributed by atoms with Gasteiger partial charge in [0.1, 0.15) is 23.2 Å². The Morgan fingerprint density at radius 3 is 2.66 bits per heavy atom. The number of rotatable bonds is 3. The molecule has 0 unspecified atom stereocenters. The molecule has 0 radical (unpaired) electrons. The van der Waals surface area contributed by atoms with Gasteiger partial charge in [0.25, 0.3) is 0 Å². The summed E-state index contributed by atoms with van der Waals surface area (Å²) in [6, 6.07) is 23.3. The maximum absolute atomic E-state index is 13.6. The van der Waals surface area contributed by atoms with Crippen LogP contribution in [0.3, 0.4) is 0 Å². The molecule has 1 atom stereocenters. The number of hydrogen-bond acceptors (Lipinski definition) is 4. The Morgan fingerprint density at radius 1 is 1.00 bits per heavy atom. The summed E-state index contributed by atoms with van der Waals surface area (Å²) in [6.07, 6.45) is 2.41. The fourth-order valence-electron chi connectivity index (χ4n) is 3.75. The van der Waals surface area contributed by atoms with Crippen molar-refractivity contribution in [2.75, 3.05) is 5.32 Å². The molecule has 0 saturated heterocycles. The number of Topliss-reactive ketones (excluding diaryl/α,β-unsaturated/α-hetero) is 1. The minimum atomic E-state index is -0.526. The van der Waals surface area contributed by atoms with E-state index in [-0.39, 0.29) is 5.78 Å². The zero-order valence-corrected chi connectivity index (χ0v) is 16.0. The predicted octanol–water partition coefficient (Wildman–Crippen LogP) is 4.31. The van der Waals surface area contributed by atoms with E-state index in [4.69, 9.17) is 4.99 Å². The quantitative estimate of drug-likeness (QED) is 0.576. The highest BCUT2D eigenvalue weighted by Crippen LogP contribution is 2.26. The molecule has 142 valence electrons. The van der Waals surface area contributed by atoms with Gasteiger partial charge in [-0.3, -0.25) is 14.2 Å². The minimum Gasteiger partial charge on any atom is -0.323 e. The van der Waals surface area contributed by atoms with Crippen LogP contribution in [0, 0.1) is 6.92 Å². The number of hydrogen-bond donors (Lipinski definition) is 1. The van der Waals surface area contributed by atoms with E-state index in [0.717, 1.165) is 22.3 Å². The van der Waals surface area contributed by atoms with Gasteiger partial charge in [0, 0.05) is 18.2 Å². The number of anilines is 1. The third kappa shape index (κ3) is 3.21. The minimum absolute atomic E-state index is 0.0299. The Bertz CT molecular complexity index is 1240. The summed E-state index contributed by atoms with van der Waals surface area (Å²) in [4.78, 5) is 23.1. The first-order valence-electron chi connectivity index (χ1n) is 9.66. The highest BCUT2D eigenvalue weighted by molar-refractivity contribution is 6.16. The van der Waals surface area contributed by atoms with Gasteiger partial charge in [0.2, 0.25) is 5.78 Å². The Labute approximate surface area is 168 Å². The molecule has 2 aromatic carbocycles. The Hall–Kier alpha value is -3.73. The van der Waals surface area contributed by atoms with Crippen LogP contribution in [-0.2, 0) is 6.42 Å². The van der Waals surface area contributed by atoms with Crippen LogP contribution in [0.15, 0.2) is 84.0 Å². The number of fused-ring (bicyclic) bond motifs is 3. The maximum atomic E-state index is 13.6. The fraction of sp³-hybridized carbons (Fsp3) is 0.125. The molecule has 1 aliphatic rings. The van der Waals surface area contributed by atoms with Crippen molar-refractivity contribution in [1.29, 1.82) is 0 Å². The van der Waals surface area contributed by atoms with Crippen molar-refractivity contribution in [2.24, 2.45) is 4.99 Å². The number of carbonyl (C=O) groups is 1. The number of nitrogens with one attached hydrogen (secondary N) is 1. The van der Waals surface area contributed by atoms with Gasteiger partial charge in [0.05, 0.1) is 0 Å². The third-order valence-electron chi connectivity index (χ3n) is 5.15. The molecule has 2 aromatic heterocycles. The SMILES string of the molecule is Cc1cccc(C2=N[C@@H](Cc3ccccc3)C(=O)c3c(nc4ccccn34)N2)c1. The van der Waals surface area contributed by atoms with Crippen molar-refractivity contribution in [3.05, 3.63) is 101 Å². The first kappa shape index (κ1) is 17.4. The number of pyridine rings is 1. The van der Waals surface area contributed by atoms with Crippen LogP contribution >= 0.6 is 0 Å². The lowest BCUT2D eigenvalue weighted by Crippen LogP contribution is -2.23. The summed E-state index contributed by atoms with van der Waals surface area (Å²) in [5.74, 6) is 1.19. The van der Waals surface area contributed by atoms with Crippen LogP contribution in [-0.4, -0.2) is 27.0 Å². The number of aliphatic imine (C=N–C) groups is 1. The Morgan fingerprint density at radius 2 is 1.83 bits per heavy atom. The molecule has 1 N–H and O–H groups in total. The molecular formula is C24H20N4O. The Kier molecular flexibility index (Phi) is 4.21. The summed E-state index contributed by atoms with van der Waals surface area (Å²) in [5.41, 5.74) is 4.45. The second kappa shape index (κ2) is 7.02. The van der Waals surface area contributed by atoms with Gasteiger partial charge in [-0.15, -0.1) is 0 Å². The van der Waals surface area contributed by atoms with E-state index >= 15 is 0 Å². The van der Waals surface area contributed by atoms with Gasteiger partial charge in [0.15, 0.2) is 5.82 Å². The van der Waals surface area contributed by atoms with Crippen LogP contribution in [0.2, 0.25) is 0 Å². The molecule has 29 heavy (non-hydrogen) atoms. The first-order chi connectivity index (χ1) is 14.2. The fourth-order valence-corrected chi connectivity index (χ4v) is 3.75. The van der Waals surface area contributed by atoms with Gasteiger partial charge in [-0.1, -0.05) is 60.2 Å². The average Bonchev–Trinajstić information content (AvgIpc) is 3.04. The van der Waals surface area contributed by atoms with Crippen molar-refractivity contribution >= 4 is 23.1 Å². The van der Waals surface area contributed by atoms with Crippen LogP contribution in [0.1, 0.15) is 27.2 Å². The first-order valence-corrected chi connectivity index (χ1v) is 9.66. The molecule has 0 saturated carbocycles.